The Morgan fingerprint density at radius 1 is 1.32 bits per heavy atom. The van der Waals surface area contributed by atoms with E-state index in [2.05, 4.69) is 6.58 Å². The summed E-state index contributed by atoms with van der Waals surface area (Å²) in [7, 11) is 0. The van der Waals surface area contributed by atoms with Gasteiger partial charge in [0.2, 0.25) is 0 Å². The molecule has 1 aliphatic heterocycles. The van der Waals surface area contributed by atoms with Crippen LogP contribution in [0, 0.1) is 0 Å². The van der Waals surface area contributed by atoms with Crippen molar-refractivity contribution in [1.82, 2.24) is 5.06 Å². The van der Waals surface area contributed by atoms with Crippen molar-refractivity contribution < 1.29 is 24.0 Å². The van der Waals surface area contributed by atoms with E-state index < -0.39 is 23.4 Å². The van der Waals surface area contributed by atoms with Gasteiger partial charge in [-0.25, -0.2) is 4.79 Å². The Hall–Kier alpha value is -1.69. The summed E-state index contributed by atoms with van der Waals surface area (Å²) in [6.07, 6.45) is 0.768. The lowest BCUT2D eigenvalue weighted by atomic mass is 10.1. The molecule has 2 amide bonds. The van der Waals surface area contributed by atoms with E-state index in [9.17, 15) is 14.4 Å². The summed E-state index contributed by atoms with van der Waals surface area (Å²) in [6.45, 7) is 8.96. The Balaban J connectivity index is 2.53. The summed E-state index contributed by atoms with van der Waals surface area (Å²) in [5, 5.41) is 0.520. The Labute approximate surface area is 112 Å². The van der Waals surface area contributed by atoms with Gasteiger partial charge >= 0.3 is 5.97 Å². The maximum absolute atomic E-state index is 11.9. The number of hydroxylamine groups is 2. The van der Waals surface area contributed by atoms with Crippen LogP contribution >= 0.6 is 0 Å². The van der Waals surface area contributed by atoms with E-state index in [0.717, 1.165) is 5.57 Å². The van der Waals surface area contributed by atoms with Gasteiger partial charge in [0.25, 0.3) is 11.8 Å². The highest BCUT2D eigenvalue weighted by Crippen LogP contribution is 2.18. The maximum atomic E-state index is 11.9. The van der Waals surface area contributed by atoms with Gasteiger partial charge in [0.05, 0.1) is 6.61 Å². The van der Waals surface area contributed by atoms with Gasteiger partial charge in [-0.15, -0.1) is 11.6 Å². The van der Waals surface area contributed by atoms with Gasteiger partial charge < -0.3 is 9.57 Å². The number of hydrogen-bond acceptors (Lipinski definition) is 5. The first-order valence-electron chi connectivity index (χ1n) is 6.10. The summed E-state index contributed by atoms with van der Waals surface area (Å²) in [6, 6.07) is 0. The zero-order valence-corrected chi connectivity index (χ0v) is 11.5. The molecule has 6 heteroatoms. The van der Waals surface area contributed by atoms with Crippen LogP contribution < -0.4 is 0 Å². The third-order valence-electron chi connectivity index (χ3n) is 2.66. The predicted octanol–water partition coefficient (Wildman–Crippen LogP) is 1.35. The molecule has 6 nitrogen and oxygen atoms in total. The number of imide groups is 1. The Morgan fingerprint density at radius 3 is 2.32 bits per heavy atom. The van der Waals surface area contributed by atoms with E-state index in [1.54, 1.807) is 0 Å². The van der Waals surface area contributed by atoms with Crippen molar-refractivity contribution >= 4 is 17.8 Å². The van der Waals surface area contributed by atoms with E-state index in [4.69, 9.17) is 9.57 Å². The van der Waals surface area contributed by atoms with Gasteiger partial charge in [-0.05, 0) is 27.2 Å². The SMILES string of the molecule is C=C(C)CCOC(C)(C)C(=O)ON1C(=O)CCC1=O. The zero-order chi connectivity index (χ0) is 14.6. The second kappa shape index (κ2) is 5.97. The first-order valence-corrected chi connectivity index (χ1v) is 6.10. The number of rotatable bonds is 6. The molecule has 0 aliphatic carbocycles. The summed E-state index contributed by atoms with van der Waals surface area (Å²) in [4.78, 5) is 39.3. The predicted molar refractivity (Wildman–Crippen MR) is 66.6 cm³/mol. The molecule has 0 spiro atoms. The number of carbonyl (C=O) groups excluding carboxylic acids is 3. The second-order valence-electron chi connectivity index (χ2n) is 5.03. The van der Waals surface area contributed by atoms with Crippen molar-refractivity contribution in [3.05, 3.63) is 12.2 Å². The largest absolute Gasteiger partial charge is 0.364 e. The molecule has 106 valence electrons. The topological polar surface area (TPSA) is 72.9 Å². The molecule has 0 aromatic heterocycles. The van der Waals surface area contributed by atoms with Crippen LogP contribution in [0.15, 0.2) is 12.2 Å². The fourth-order valence-electron chi connectivity index (χ4n) is 1.39. The van der Waals surface area contributed by atoms with E-state index in [1.165, 1.54) is 13.8 Å². The van der Waals surface area contributed by atoms with E-state index in [1.807, 2.05) is 6.92 Å². The van der Waals surface area contributed by atoms with E-state index >= 15 is 0 Å². The van der Waals surface area contributed by atoms with Crippen molar-refractivity contribution in [2.24, 2.45) is 0 Å². The average molecular weight is 269 g/mol. The van der Waals surface area contributed by atoms with Crippen LogP contribution in [0.25, 0.3) is 0 Å². The molecule has 0 saturated carbocycles. The highest BCUT2D eigenvalue weighted by molar-refractivity contribution is 6.01. The Morgan fingerprint density at radius 2 is 1.84 bits per heavy atom. The number of carbonyl (C=O) groups is 3. The smallest absolute Gasteiger partial charge is 0.363 e. The van der Waals surface area contributed by atoms with Crippen LogP contribution in [-0.4, -0.2) is 35.1 Å². The highest BCUT2D eigenvalue weighted by atomic mass is 16.7. The van der Waals surface area contributed by atoms with Crippen LogP contribution in [0.1, 0.15) is 40.0 Å². The van der Waals surface area contributed by atoms with E-state index in [-0.39, 0.29) is 12.8 Å². The Kier molecular flexibility index (Phi) is 4.83. The van der Waals surface area contributed by atoms with Crippen LogP contribution in [0.2, 0.25) is 0 Å². The van der Waals surface area contributed by atoms with Crippen LogP contribution in [0.5, 0.6) is 0 Å². The monoisotopic (exact) mass is 269 g/mol. The number of hydrogen-bond donors (Lipinski definition) is 0. The number of nitrogens with zero attached hydrogens (tertiary/aromatic N) is 1. The lowest BCUT2D eigenvalue weighted by Crippen LogP contribution is -2.43. The summed E-state index contributed by atoms with van der Waals surface area (Å²) in [5.41, 5.74) is -0.285. The van der Waals surface area contributed by atoms with Crippen LogP contribution in [0.3, 0.4) is 0 Å². The highest BCUT2D eigenvalue weighted by Gasteiger charge is 2.38. The molecule has 0 bridgehead atoms. The minimum Gasteiger partial charge on any atom is -0.363 e. The van der Waals surface area contributed by atoms with Crippen molar-refractivity contribution in [2.75, 3.05) is 6.61 Å². The first-order chi connectivity index (χ1) is 8.74. The molecule has 1 rings (SSSR count). The molecule has 1 fully saturated rings. The van der Waals surface area contributed by atoms with Gasteiger partial charge in [0.15, 0.2) is 5.60 Å². The summed E-state index contributed by atoms with van der Waals surface area (Å²) in [5.74, 6) is -1.77. The number of amides is 2. The lowest BCUT2D eigenvalue weighted by Gasteiger charge is -2.24. The molecule has 1 heterocycles. The zero-order valence-electron chi connectivity index (χ0n) is 11.5. The molecule has 1 aliphatic rings. The molecule has 19 heavy (non-hydrogen) atoms. The third-order valence-corrected chi connectivity index (χ3v) is 2.66. The van der Waals surface area contributed by atoms with Crippen LogP contribution in [0.4, 0.5) is 0 Å². The lowest BCUT2D eigenvalue weighted by molar-refractivity contribution is -0.212. The molecule has 0 N–H and O–H groups in total. The normalized spacial score (nSPS) is 15.8. The van der Waals surface area contributed by atoms with Gasteiger partial charge in [-0.3, -0.25) is 9.59 Å². The quantitative estimate of drug-likeness (QED) is 0.537. The third kappa shape index (κ3) is 4.17. The molecular formula is C13H19NO5. The van der Waals surface area contributed by atoms with Crippen molar-refractivity contribution in [3.8, 4) is 0 Å². The van der Waals surface area contributed by atoms with Crippen LogP contribution in [-0.2, 0) is 24.0 Å². The maximum Gasteiger partial charge on any atom is 0.364 e. The standard InChI is InChI=1S/C13H19NO5/c1-9(2)7-8-18-13(3,4)12(17)19-14-10(15)5-6-11(14)16/h1,5-8H2,2-4H3. The molecule has 0 aromatic rings. The minimum atomic E-state index is -1.22. The number of ether oxygens (including phenoxy) is 1. The fourth-order valence-corrected chi connectivity index (χ4v) is 1.39. The first kappa shape index (κ1) is 15.4. The van der Waals surface area contributed by atoms with Crippen molar-refractivity contribution in [2.45, 2.75) is 45.6 Å². The molecular weight excluding hydrogens is 250 g/mol. The second-order valence-corrected chi connectivity index (χ2v) is 5.03. The minimum absolute atomic E-state index is 0.0725. The van der Waals surface area contributed by atoms with E-state index in [0.29, 0.717) is 18.1 Å². The van der Waals surface area contributed by atoms with Gasteiger partial charge in [0.1, 0.15) is 0 Å². The molecule has 0 aromatic carbocycles. The molecule has 1 saturated heterocycles. The van der Waals surface area contributed by atoms with Gasteiger partial charge in [-0.1, -0.05) is 5.57 Å². The van der Waals surface area contributed by atoms with Crippen molar-refractivity contribution in [1.29, 1.82) is 0 Å². The fraction of sp³-hybridized carbons (Fsp3) is 0.615. The Bertz CT molecular complexity index is 397. The molecule has 0 radical (unpaired) electrons. The van der Waals surface area contributed by atoms with Gasteiger partial charge in [-0.2, -0.15) is 0 Å². The summed E-state index contributed by atoms with van der Waals surface area (Å²) >= 11 is 0. The van der Waals surface area contributed by atoms with Crippen molar-refractivity contribution in [3.63, 3.8) is 0 Å². The molecule has 0 unspecified atom stereocenters. The van der Waals surface area contributed by atoms with Gasteiger partial charge in [0, 0.05) is 12.8 Å². The molecule has 0 atom stereocenters. The average Bonchev–Trinajstić information content (AvgIpc) is 2.59. The summed E-state index contributed by atoms with van der Waals surface area (Å²) < 4.78 is 5.40.